The minimum absolute atomic E-state index is 0.427. The number of nitrogens with zero attached hydrogens (tertiary/aromatic N) is 2. The van der Waals surface area contributed by atoms with Crippen molar-refractivity contribution >= 4 is 17.6 Å². The predicted octanol–water partition coefficient (Wildman–Crippen LogP) is 1.69. The Morgan fingerprint density at radius 1 is 1.40 bits per heavy atom. The van der Waals surface area contributed by atoms with Crippen LogP contribution in [0.5, 0.6) is 0 Å². The third-order valence-corrected chi connectivity index (χ3v) is 3.53. The fraction of sp³-hybridized carbons (Fsp3) is 0.545. The molecule has 2 heterocycles. The molecule has 0 saturated carbocycles. The summed E-state index contributed by atoms with van der Waals surface area (Å²) in [6.07, 6.45) is 1.34. The monoisotopic (exact) mass is 224 g/mol. The van der Waals surface area contributed by atoms with E-state index in [9.17, 15) is 5.11 Å². The van der Waals surface area contributed by atoms with Gasteiger partial charge in [0, 0.05) is 30.8 Å². The van der Waals surface area contributed by atoms with Crippen LogP contribution >= 0.6 is 11.8 Å². The van der Waals surface area contributed by atoms with Crippen LogP contribution in [0.4, 0.5) is 5.82 Å². The molecule has 0 spiro atoms. The van der Waals surface area contributed by atoms with Crippen LogP contribution in [0.3, 0.4) is 0 Å². The van der Waals surface area contributed by atoms with Crippen LogP contribution in [0, 0.1) is 0 Å². The molecule has 0 amide bonds. The van der Waals surface area contributed by atoms with E-state index in [0.29, 0.717) is 0 Å². The molecular weight excluding hydrogens is 208 g/mol. The minimum atomic E-state index is -0.427. The van der Waals surface area contributed by atoms with Crippen molar-refractivity contribution in [3.63, 3.8) is 0 Å². The first kappa shape index (κ1) is 10.8. The fourth-order valence-electron chi connectivity index (χ4n) is 1.62. The Hall–Kier alpha value is -0.740. The van der Waals surface area contributed by atoms with Gasteiger partial charge in [0.15, 0.2) is 0 Å². The first-order valence-corrected chi connectivity index (χ1v) is 6.39. The van der Waals surface area contributed by atoms with Crippen molar-refractivity contribution in [3.05, 3.63) is 23.9 Å². The summed E-state index contributed by atoms with van der Waals surface area (Å²) >= 11 is 1.99. The summed E-state index contributed by atoms with van der Waals surface area (Å²) in [5.74, 6) is 3.39. The van der Waals surface area contributed by atoms with Crippen LogP contribution in [0.1, 0.15) is 18.6 Å². The summed E-state index contributed by atoms with van der Waals surface area (Å²) in [4.78, 5) is 6.67. The van der Waals surface area contributed by atoms with Gasteiger partial charge in [-0.1, -0.05) is 6.07 Å². The molecule has 4 heteroatoms. The Morgan fingerprint density at radius 3 is 2.67 bits per heavy atom. The zero-order valence-electron chi connectivity index (χ0n) is 8.89. The summed E-state index contributed by atoms with van der Waals surface area (Å²) < 4.78 is 0. The minimum Gasteiger partial charge on any atom is -0.389 e. The van der Waals surface area contributed by atoms with Gasteiger partial charge in [-0.25, -0.2) is 4.98 Å². The maximum Gasteiger partial charge on any atom is 0.128 e. The topological polar surface area (TPSA) is 36.4 Å². The standard InChI is InChI=1S/C11H16N2OS/c1-9(14)10-2-3-11(12-8-10)13-4-6-15-7-5-13/h2-3,8-9,14H,4-7H2,1H3. The van der Waals surface area contributed by atoms with Gasteiger partial charge in [-0.2, -0.15) is 11.8 Å². The van der Waals surface area contributed by atoms with Crippen LogP contribution in [-0.4, -0.2) is 34.7 Å². The average Bonchev–Trinajstić information content (AvgIpc) is 2.30. The molecule has 1 aliphatic rings. The smallest absolute Gasteiger partial charge is 0.128 e. The molecule has 1 atom stereocenters. The summed E-state index contributed by atoms with van der Waals surface area (Å²) in [5.41, 5.74) is 0.880. The first-order valence-electron chi connectivity index (χ1n) is 5.24. The zero-order chi connectivity index (χ0) is 10.7. The second kappa shape index (κ2) is 4.86. The van der Waals surface area contributed by atoms with Crippen molar-refractivity contribution in [1.29, 1.82) is 0 Å². The molecule has 1 aromatic rings. The highest BCUT2D eigenvalue weighted by Gasteiger charge is 2.12. The molecule has 15 heavy (non-hydrogen) atoms. The summed E-state index contributed by atoms with van der Waals surface area (Å²) in [5, 5.41) is 9.37. The maximum absolute atomic E-state index is 9.37. The van der Waals surface area contributed by atoms with E-state index in [1.54, 1.807) is 13.1 Å². The second-order valence-corrected chi connectivity index (χ2v) is 4.95. The molecule has 1 N–H and O–H groups in total. The molecule has 3 nitrogen and oxygen atoms in total. The first-order chi connectivity index (χ1) is 7.27. The van der Waals surface area contributed by atoms with Gasteiger partial charge in [0.1, 0.15) is 5.82 Å². The molecule has 1 unspecified atom stereocenters. The highest BCUT2D eigenvalue weighted by atomic mass is 32.2. The van der Waals surface area contributed by atoms with Gasteiger partial charge < -0.3 is 10.0 Å². The molecule has 2 rings (SSSR count). The molecule has 0 aliphatic carbocycles. The van der Waals surface area contributed by atoms with Gasteiger partial charge in [0.25, 0.3) is 0 Å². The quantitative estimate of drug-likeness (QED) is 0.829. The number of aromatic nitrogens is 1. The number of rotatable bonds is 2. The third kappa shape index (κ3) is 2.63. The Bertz CT molecular complexity index is 307. The van der Waals surface area contributed by atoms with E-state index in [2.05, 4.69) is 9.88 Å². The largest absolute Gasteiger partial charge is 0.389 e. The molecule has 1 aliphatic heterocycles. The Morgan fingerprint density at radius 2 is 2.13 bits per heavy atom. The Balaban J connectivity index is 2.08. The van der Waals surface area contributed by atoms with Crippen molar-refractivity contribution in [3.8, 4) is 0 Å². The van der Waals surface area contributed by atoms with Crippen LogP contribution in [0.15, 0.2) is 18.3 Å². The second-order valence-electron chi connectivity index (χ2n) is 3.73. The van der Waals surface area contributed by atoms with Gasteiger partial charge in [0.05, 0.1) is 6.10 Å². The van der Waals surface area contributed by atoms with E-state index in [-0.39, 0.29) is 0 Å². The van der Waals surface area contributed by atoms with Crippen molar-refractivity contribution < 1.29 is 5.11 Å². The van der Waals surface area contributed by atoms with Crippen molar-refractivity contribution in [1.82, 2.24) is 4.98 Å². The lowest BCUT2D eigenvalue weighted by Gasteiger charge is -2.27. The van der Waals surface area contributed by atoms with E-state index >= 15 is 0 Å². The van der Waals surface area contributed by atoms with Crippen LogP contribution in [0.25, 0.3) is 0 Å². The maximum atomic E-state index is 9.37. The summed E-state index contributed by atoms with van der Waals surface area (Å²) in [6.45, 7) is 3.91. The van der Waals surface area contributed by atoms with Crippen LogP contribution < -0.4 is 4.90 Å². The predicted molar refractivity (Wildman–Crippen MR) is 64.4 cm³/mol. The Kier molecular flexibility index (Phi) is 3.49. The number of hydrogen-bond acceptors (Lipinski definition) is 4. The Labute approximate surface area is 94.5 Å². The molecule has 0 radical (unpaired) electrons. The van der Waals surface area contributed by atoms with Gasteiger partial charge in [0.2, 0.25) is 0 Å². The molecule has 1 saturated heterocycles. The number of aliphatic hydroxyl groups is 1. The molecule has 82 valence electrons. The van der Waals surface area contributed by atoms with E-state index in [0.717, 1.165) is 24.5 Å². The average molecular weight is 224 g/mol. The number of hydrogen-bond donors (Lipinski definition) is 1. The van der Waals surface area contributed by atoms with Gasteiger partial charge >= 0.3 is 0 Å². The molecular formula is C11H16N2OS. The number of aliphatic hydroxyl groups excluding tert-OH is 1. The van der Waals surface area contributed by atoms with E-state index < -0.39 is 6.10 Å². The lowest BCUT2D eigenvalue weighted by molar-refractivity contribution is 0.199. The van der Waals surface area contributed by atoms with Gasteiger partial charge in [-0.15, -0.1) is 0 Å². The van der Waals surface area contributed by atoms with E-state index in [1.165, 1.54) is 11.5 Å². The lowest BCUT2D eigenvalue weighted by Crippen LogP contribution is -2.33. The molecule has 0 aromatic carbocycles. The van der Waals surface area contributed by atoms with Crippen molar-refractivity contribution in [2.24, 2.45) is 0 Å². The van der Waals surface area contributed by atoms with Crippen molar-refractivity contribution in [2.45, 2.75) is 13.0 Å². The highest BCUT2D eigenvalue weighted by Crippen LogP contribution is 2.19. The normalized spacial score (nSPS) is 18.9. The van der Waals surface area contributed by atoms with Crippen LogP contribution in [-0.2, 0) is 0 Å². The summed E-state index contributed by atoms with van der Waals surface area (Å²) in [7, 11) is 0. The van der Waals surface area contributed by atoms with E-state index in [4.69, 9.17) is 0 Å². The van der Waals surface area contributed by atoms with Gasteiger partial charge in [-0.3, -0.25) is 0 Å². The molecule has 1 aromatic heterocycles. The number of thioether (sulfide) groups is 1. The lowest BCUT2D eigenvalue weighted by atomic mass is 10.2. The number of pyridine rings is 1. The van der Waals surface area contributed by atoms with Crippen molar-refractivity contribution in [2.75, 3.05) is 29.5 Å². The highest BCUT2D eigenvalue weighted by molar-refractivity contribution is 7.99. The third-order valence-electron chi connectivity index (χ3n) is 2.59. The molecule has 1 fully saturated rings. The number of anilines is 1. The molecule has 0 bridgehead atoms. The van der Waals surface area contributed by atoms with E-state index in [1.807, 2.05) is 23.9 Å². The SMILES string of the molecule is CC(O)c1ccc(N2CCSCC2)nc1. The van der Waals surface area contributed by atoms with Crippen LogP contribution in [0.2, 0.25) is 0 Å². The fourth-order valence-corrected chi connectivity index (χ4v) is 2.53. The van der Waals surface area contributed by atoms with Gasteiger partial charge in [-0.05, 0) is 18.6 Å². The summed E-state index contributed by atoms with van der Waals surface area (Å²) in [6, 6.07) is 3.95. The zero-order valence-corrected chi connectivity index (χ0v) is 9.70.